The molecular weight excluding hydrogens is 440 g/mol. The van der Waals surface area contributed by atoms with Crippen molar-refractivity contribution in [2.75, 3.05) is 43.4 Å². The Hall–Kier alpha value is -3.88. The molecule has 0 bridgehead atoms. The zero-order chi connectivity index (χ0) is 24.3. The Kier molecular flexibility index (Phi) is 6.39. The van der Waals surface area contributed by atoms with E-state index in [0.29, 0.717) is 26.2 Å². The van der Waals surface area contributed by atoms with Crippen LogP contribution in [0.15, 0.2) is 77.8 Å². The summed E-state index contributed by atoms with van der Waals surface area (Å²) in [6.45, 7) is 3.68. The van der Waals surface area contributed by atoms with E-state index < -0.39 is 0 Å². The van der Waals surface area contributed by atoms with Crippen molar-refractivity contribution in [2.45, 2.75) is 13.1 Å². The SMILES string of the molecule is C[N+]1([O-])CCN(c2ccc(Nc3cccc4c3N=CN(C(=O)NCc3ccccc3)C4)cc2)CC1. The van der Waals surface area contributed by atoms with Crippen molar-refractivity contribution in [3.63, 3.8) is 0 Å². The second-order valence-corrected chi connectivity index (χ2v) is 9.23. The minimum atomic E-state index is -0.175. The first-order valence-electron chi connectivity index (χ1n) is 11.9. The van der Waals surface area contributed by atoms with E-state index in [4.69, 9.17) is 0 Å². The number of benzene rings is 3. The number of hydroxylamine groups is 3. The summed E-state index contributed by atoms with van der Waals surface area (Å²) in [6.07, 6.45) is 1.59. The fourth-order valence-corrected chi connectivity index (χ4v) is 4.38. The molecule has 5 rings (SSSR count). The Morgan fingerprint density at radius 1 is 1.00 bits per heavy atom. The summed E-state index contributed by atoms with van der Waals surface area (Å²) >= 11 is 0. The van der Waals surface area contributed by atoms with Crippen molar-refractivity contribution in [3.05, 3.63) is 89.1 Å². The second-order valence-electron chi connectivity index (χ2n) is 9.23. The predicted octanol–water partition coefficient (Wildman–Crippen LogP) is 4.58. The number of carbonyl (C=O) groups is 1. The lowest BCUT2D eigenvalue weighted by Crippen LogP contribution is -2.53. The number of nitrogens with one attached hydrogen (secondary N) is 2. The third-order valence-corrected chi connectivity index (χ3v) is 6.53. The summed E-state index contributed by atoms with van der Waals surface area (Å²) in [5, 5.41) is 18.5. The minimum absolute atomic E-state index is 0.165. The molecular formula is C27H30N6O2. The molecule has 2 aliphatic heterocycles. The number of rotatable bonds is 5. The van der Waals surface area contributed by atoms with E-state index in [2.05, 4.69) is 32.7 Å². The first-order valence-corrected chi connectivity index (χ1v) is 11.9. The molecule has 2 N–H and O–H groups in total. The van der Waals surface area contributed by atoms with Crippen LogP contribution >= 0.6 is 0 Å². The normalized spacial score (nSPS) is 16.5. The maximum Gasteiger partial charge on any atom is 0.323 e. The van der Waals surface area contributed by atoms with Gasteiger partial charge in [-0.05, 0) is 41.5 Å². The van der Waals surface area contributed by atoms with Gasteiger partial charge in [0.05, 0.1) is 57.5 Å². The molecule has 3 aromatic rings. The van der Waals surface area contributed by atoms with Crippen LogP contribution in [-0.2, 0) is 13.1 Å². The predicted molar refractivity (Wildman–Crippen MR) is 140 cm³/mol. The van der Waals surface area contributed by atoms with Gasteiger partial charge < -0.3 is 25.4 Å². The minimum Gasteiger partial charge on any atom is -0.633 e. The molecule has 0 radical (unpaired) electrons. The van der Waals surface area contributed by atoms with Crippen LogP contribution in [0.4, 0.5) is 27.5 Å². The molecule has 0 unspecified atom stereocenters. The van der Waals surface area contributed by atoms with Crippen molar-refractivity contribution >= 4 is 35.1 Å². The highest BCUT2D eigenvalue weighted by Crippen LogP contribution is 2.35. The summed E-state index contributed by atoms with van der Waals surface area (Å²) < 4.78 is -0.165. The molecule has 35 heavy (non-hydrogen) atoms. The lowest BCUT2D eigenvalue weighted by Gasteiger charge is -2.45. The monoisotopic (exact) mass is 470 g/mol. The zero-order valence-corrected chi connectivity index (χ0v) is 19.9. The van der Waals surface area contributed by atoms with Gasteiger partial charge >= 0.3 is 6.03 Å². The molecule has 2 aliphatic rings. The van der Waals surface area contributed by atoms with Gasteiger partial charge in [-0.25, -0.2) is 9.79 Å². The highest BCUT2D eigenvalue weighted by molar-refractivity contribution is 5.90. The fourth-order valence-electron chi connectivity index (χ4n) is 4.38. The fraction of sp³-hybridized carbons (Fsp3) is 0.259. The largest absolute Gasteiger partial charge is 0.633 e. The average Bonchev–Trinajstić information content (AvgIpc) is 2.88. The van der Waals surface area contributed by atoms with Gasteiger partial charge in [0, 0.05) is 17.9 Å². The van der Waals surface area contributed by atoms with E-state index >= 15 is 0 Å². The third kappa shape index (κ3) is 5.45. The number of fused-ring (bicyclic) bond motifs is 1. The first kappa shape index (κ1) is 22.9. The molecule has 8 heteroatoms. The van der Waals surface area contributed by atoms with Gasteiger partial charge in [-0.1, -0.05) is 42.5 Å². The summed E-state index contributed by atoms with van der Waals surface area (Å²) in [7, 11) is 1.74. The second kappa shape index (κ2) is 9.77. The molecule has 180 valence electrons. The lowest BCUT2D eigenvalue weighted by atomic mass is 10.1. The summed E-state index contributed by atoms with van der Waals surface area (Å²) in [6, 6.07) is 23.9. The van der Waals surface area contributed by atoms with Gasteiger partial charge in [0.2, 0.25) is 0 Å². The Balaban J connectivity index is 1.22. The molecule has 0 atom stereocenters. The molecule has 0 aromatic heterocycles. The highest BCUT2D eigenvalue weighted by atomic mass is 16.5. The average molecular weight is 471 g/mol. The number of hydrogen-bond donors (Lipinski definition) is 2. The van der Waals surface area contributed by atoms with Gasteiger partial charge in [0.25, 0.3) is 0 Å². The molecule has 2 heterocycles. The van der Waals surface area contributed by atoms with Crippen molar-refractivity contribution in [1.29, 1.82) is 0 Å². The first-order chi connectivity index (χ1) is 17.0. The van der Waals surface area contributed by atoms with Gasteiger partial charge in [-0.2, -0.15) is 0 Å². The quantitative estimate of drug-likeness (QED) is 0.422. The van der Waals surface area contributed by atoms with Gasteiger partial charge in [-0.15, -0.1) is 0 Å². The van der Waals surface area contributed by atoms with Gasteiger partial charge in [0.15, 0.2) is 0 Å². The van der Waals surface area contributed by atoms with Crippen LogP contribution in [0.2, 0.25) is 0 Å². The van der Waals surface area contributed by atoms with E-state index in [1.807, 2.05) is 60.7 Å². The van der Waals surface area contributed by atoms with E-state index in [9.17, 15) is 10.0 Å². The summed E-state index contributed by atoms with van der Waals surface area (Å²) in [4.78, 5) is 21.1. The van der Waals surface area contributed by atoms with Crippen LogP contribution in [0.5, 0.6) is 0 Å². The number of anilines is 3. The standard InChI is InChI=1S/C27H30N6O2/c1-33(35)16-14-31(15-17-33)24-12-10-23(11-13-24)30-25-9-5-8-22-19-32(20-29-26(22)25)27(34)28-18-21-6-3-2-4-7-21/h2-13,20,30H,14-19H2,1H3,(H,28,34). The van der Waals surface area contributed by atoms with E-state index in [0.717, 1.165) is 47.0 Å². The summed E-state index contributed by atoms with van der Waals surface area (Å²) in [5.41, 5.74) is 5.86. The van der Waals surface area contributed by atoms with Crippen LogP contribution in [0.1, 0.15) is 11.1 Å². The Labute approximate surface area is 205 Å². The van der Waals surface area contributed by atoms with Crippen LogP contribution in [0.3, 0.4) is 0 Å². The molecule has 2 amide bonds. The zero-order valence-electron chi connectivity index (χ0n) is 19.9. The molecule has 0 spiro atoms. The van der Waals surface area contributed by atoms with Crippen molar-refractivity contribution in [3.8, 4) is 0 Å². The highest BCUT2D eigenvalue weighted by Gasteiger charge is 2.22. The van der Waals surface area contributed by atoms with E-state index in [1.165, 1.54) is 0 Å². The molecule has 3 aromatic carbocycles. The number of urea groups is 1. The van der Waals surface area contributed by atoms with E-state index in [-0.39, 0.29) is 10.7 Å². The van der Waals surface area contributed by atoms with Crippen LogP contribution in [0.25, 0.3) is 0 Å². The van der Waals surface area contributed by atoms with Gasteiger partial charge in [0.1, 0.15) is 0 Å². The van der Waals surface area contributed by atoms with Crippen molar-refractivity contribution in [2.24, 2.45) is 4.99 Å². The molecule has 1 fully saturated rings. The van der Waals surface area contributed by atoms with Gasteiger partial charge in [-0.3, -0.25) is 4.90 Å². The van der Waals surface area contributed by atoms with Crippen LogP contribution < -0.4 is 15.5 Å². The number of amides is 2. The van der Waals surface area contributed by atoms with Crippen LogP contribution in [0, 0.1) is 5.21 Å². The van der Waals surface area contributed by atoms with Crippen molar-refractivity contribution < 1.29 is 9.44 Å². The number of para-hydroxylation sites is 1. The molecule has 1 saturated heterocycles. The van der Waals surface area contributed by atoms with E-state index in [1.54, 1.807) is 18.3 Å². The number of likely N-dealkylation sites (N-methyl/N-ethyl adjacent to an activating group) is 1. The lowest BCUT2D eigenvalue weighted by molar-refractivity contribution is -0.861. The Morgan fingerprint density at radius 3 is 2.49 bits per heavy atom. The Bertz CT molecular complexity index is 1200. The topological polar surface area (TPSA) is 83.0 Å². The molecule has 8 nitrogen and oxygen atoms in total. The number of quaternary nitrogens is 1. The number of piperazine rings is 1. The molecule has 0 saturated carbocycles. The van der Waals surface area contributed by atoms with Crippen molar-refractivity contribution in [1.82, 2.24) is 10.2 Å². The number of aliphatic imine (C=N–C) groups is 1. The van der Waals surface area contributed by atoms with Crippen LogP contribution in [-0.4, -0.2) is 55.1 Å². The maximum absolute atomic E-state index is 12.6. The Morgan fingerprint density at radius 2 is 1.74 bits per heavy atom. The number of nitrogens with zero attached hydrogens (tertiary/aromatic N) is 4. The maximum atomic E-state index is 12.6. The number of carbonyl (C=O) groups excluding carboxylic acids is 1. The molecule has 0 aliphatic carbocycles. The summed E-state index contributed by atoms with van der Waals surface area (Å²) in [5.74, 6) is 0. The third-order valence-electron chi connectivity index (χ3n) is 6.53. The smallest absolute Gasteiger partial charge is 0.323 e. The number of hydrogen-bond acceptors (Lipinski definition) is 5.